The second-order valence-electron chi connectivity index (χ2n) is 8.44. The Hall–Kier alpha value is -3.62. The van der Waals surface area contributed by atoms with E-state index in [2.05, 4.69) is 0 Å². The number of hydrogen-bond donors (Lipinski definition) is 1. The monoisotopic (exact) mass is 477 g/mol. The molecule has 8 heteroatoms. The first-order valence-electron chi connectivity index (χ1n) is 10.9. The van der Waals surface area contributed by atoms with E-state index in [0.29, 0.717) is 12.3 Å². The van der Waals surface area contributed by atoms with Crippen molar-refractivity contribution in [2.45, 2.75) is 18.4 Å². The maximum Gasteiger partial charge on any atom is 0.335 e. The lowest BCUT2D eigenvalue weighted by atomic mass is 10.1. The predicted molar refractivity (Wildman–Crippen MR) is 128 cm³/mol. The molecule has 0 radical (unpaired) electrons. The van der Waals surface area contributed by atoms with Crippen molar-refractivity contribution in [2.75, 3.05) is 13.2 Å². The van der Waals surface area contributed by atoms with Gasteiger partial charge in [0.1, 0.15) is 5.75 Å². The van der Waals surface area contributed by atoms with Crippen molar-refractivity contribution < 1.29 is 27.2 Å². The Morgan fingerprint density at radius 3 is 2.62 bits per heavy atom. The minimum atomic E-state index is -3.92. The Morgan fingerprint density at radius 1 is 1.09 bits per heavy atom. The molecule has 1 aliphatic heterocycles. The third kappa shape index (κ3) is 4.18. The largest absolute Gasteiger partial charge is 0.492 e. The number of rotatable bonds is 5. The summed E-state index contributed by atoms with van der Waals surface area (Å²) in [6.45, 7) is 2.46. The molecule has 174 valence electrons. The smallest absolute Gasteiger partial charge is 0.335 e. The van der Waals surface area contributed by atoms with Crippen LogP contribution in [0.15, 0.2) is 77.7 Å². The Balaban J connectivity index is 1.51. The molecule has 1 N–H and O–H groups in total. The molecule has 0 saturated carbocycles. The predicted octanol–water partition coefficient (Wildman–Crippen LogP) is 4.73. The first-order valence-corrected chi connectivity index (χ1v) is 12.3. The number of benzene rings is 3. The van der Waals surface area contributed by atoms with Gasteiger partial charge in [0.15, 0.2) is 0 Å². The number of hydrogen-bond acceptors (Lipinski definition) is 5. The Morgan fingerprint density at radius 2 is 1.85 bits per heavy atom. The molecule has 2 heterocycles. The van der Waals surface area contributed by atoms with E-state index in [4.69, 9.17) is 8.92 Å². The molecule has 1 aliphatic rings. The molecule has 0 unspecified atom stereocenters. The van der Waals surface area contributed by atoms with Crippen LogP contribution in [-0.4, -0.2) is 37.3 Å². The number of carboxylic acids is 1. The molecule has 3 aromatic carbocycles. The quantitative estimate of drug-likeness (QED) is 0.418. The van der Waals surface area contributed by atoms with Crippen LogP contribution in [0, 0.1) is 12.8 Å². The number of carboxylic acid groups (broad SMARTS) is 1. The van der Waals surface area contributed by atoms with Crippen molar-refractivity contribution in [3.05, 3.63) is 83.9 Å². The second-order valence-corrected chi connectivity index (χ2v) is 10.1. The molecule has 7 nitrogen and oxygen atoms in total. The third-order valence-corrected chi connectivity index (χ3v) is 7.29. The molecule has 0 amide bonds. The minimum absolute atomic E-state index is 0.0733. The van der Waals surface area contributed by atoms with Crippen molar-refractivity contribution in [1.82, 2.24) is 4.57 Å². The van der Waals surface area contributed by atoms with E-state index in [1.165, 1.54) is 12.1 Å². The van der Waals surface area contributed by atoms with E-state index >= 15 is 0 Å². The van der Waals surface area contributed by atoms with Crippen molar-refractivity contribution >= 4 is 27.0 Å². The second kappa shape index (κ2) is 8.62. The lowest BCUT2D eigenvalue weighted by molar-refractivity contribution is 0.0697. The van der Waals surface area contributed by atoms with Gasteiger partial charge in [-0.3, -0.25) is 4.18 Å². The van der Waals surface area contributed by atoms with Crippen LogP contribution >= 0.6 is 0 Å². The zero-order valence-electron chi connectivity index (χ0n) is 18.5. The number of aromatic nitrogens is 1. The molecule has 34 heavy (non-hydrogen) atoms. The lowest BCUT2D eigenvalue weighted by Gasteiger charge is -2.25. The summed E-state index contributed by atoms with van der Waals surface area (Å²) in [6, 6.07) is 21.1. The molecular formula is C26H23NO6S. The number of ether oxygens (including phenoxy) is 1. The topological polar surface area (TPSA) is 94.8 Å². The van der Waals surface area contributed by atoms with Gasteiger partial charge in [-0.2, -0.15) is 8.42 Å². The summed E-state index contributed by atoms with van der Waals surface area (Å²) in [7, 11) is -3.92. The summed E-state index contributed by atoms with van der Waals surface area (Å²) < 4.78 is 39.0. The van der Waals surface area contributed by atoms with Crippen molar-refractivity contribution in [3.8, 4) is 17.0 Å². The SMILES string of the molecule is Cc1ccc(S(=O)(=O)OC[C@@H]2COc3ccccc3-c3cc4ccc(C(=O)O)cc4n3C2)cc1. The van der Waals surface area contributed by atoms with Crippen LogP contribution in [0.3, 0.4) is 0 Å². The van der Waals surface area contributed by atoms with Crippen molar-refractivity contribution in [1.29, 1.82) is 0 Å². The van der Waals surface area contributed by atoms with E-state index in [-0.39, 0.29) is 29.6 Å². The highest BCUT2D eigenvalue weighted by Crippen LogP contribution is 2.37. The third-order valence-electron chi connectivity index (χ3n) is 6.00. The van der Waals surface area contributed by atoms with Gasteiger partial charge in [-0.25, -0.2) is 4.79 Å². The van der Waals surface area contributed by atoms with E-state index in [9.17, 15) is 18.3 Å². The first kappa shape index (κ1) is 22.2. The molecule has 5 rings (SSSR count). The average Bonchev–Trinajstić information content (AvgIpc) is 3.16. The Bertz CT molecular complexity index is 1490. The van der Waals surface area contributed by atoms with Gasteiger partial charge in [0, 0.05) is 28.9 Å². The molecular weight excluding hydrogens is 454 g/mol. The van der Waals surface area contributed by atoms with Crippen LogP contribution in [0.2, 0.25) is 0 Å². The minimum Gasteiger partial charge on any atom is -0.492 e. The van der Waals surface area contributed by atoms with E-state index < -0.39 is 16.1 Å². The fourth-order valence-electron chi connectivity index (χ4n) is 4.19. The van der Waals surface area contributed by atoms with E-state index in [1.807, 2.05) is 41.8 Å². The number of aryl methyl sites for hydroxylation is 1. The fourth-order valence-corrected chi connectivity index (χ4v) is 5.17. The van der Waals surface area contributed by atoms with Gasteiger partial charge in [-0.15, -0.1) is 0 Å². The Kier molecular flexibility index (Phi) is 5.63. The summed E-state index contributed by atoms with van der Waals surface area (Å²) >= 11 is 0. The number of nitrogens with zero attached hydrogens (tertiary/aromatic N) is 1. The van der Waals surface area contributed by atoms with Crippen LogP contribution in [0.25, 0.3) is 22.2 Å². The number of fused-ring (bicyclic) bond motifs is 5. The summed E-state index contributed by atoms with van der Waals surface area (Å²) in [5.41, 5.74) is 3.67. The molecule has 0 spiro atoms. The zero-order chi connectivity index (χ0) is 23.9. The number of aromatic carboxylic acids is 1. The molecule has 1 atom stereocenters. The molecule has 0 fully saturated rings. The fraction of sp³-hybridized carbons (Fsp3) is 0.192. The summed E-state index contributed by atoms with van der Waals surface area (Å²) in [5, 5.41) is 10.4. The zero-order valence-corrected chi connectivity index (χ0v) is 19.3. The van der Waals surface area contributed by atoms with Crippen LogP contribution < -0.4 is 4.74 Å². The molecule has 1 aromatic heterocycles. The maximum absolute atomic E-state index is 12.7. The summed E-state index contributed by atoms with van der Waals surface area (Å²) in [5.74, 6) is -0.622. The van der Waals surface area contributed by atoms with Gasteiger partial charge in [0.2, 0.25) is 0 Å². The van der Waals surface area contributed by atoms with Crippen LogP contribution in [0.5, 0.6) is 5.75 Å². The van der Waals surface area contributed by atoms with E-state index in [1.54, 1.807) is 30.3 Å². The van der Waals surface area contributed by atoms with Gasteiger partial charge in [0.25, 0.3) is 10.1 Å². The molecule has 0 saturated heterocycles. The molecule has 4 aromatic rings. The van der Waals surface area contributed by atoms with Gasteiger partial charge >= 0.3 is 5.97 Å². The van der Waals surface area contributed by atoms with Crippen LogP contribution in [0.1, 0.15) is 15.9 Å². The normalized spacial score (nSPS) is 15.6. The lowest BCUT2D eigenvalue weighted by Crippen LogP contribution is -2.27. The van der Waals surface area contributed by atoms with Crippen molar-refractivity contribution in [3.63, 3.8) is 0 Å². The summed E-state index contributed by atoms with van der Waals surface area (Å²) in [4.78, 5) is 11.7. The first-order chi connectivity index (χ1) is 16.3. The highest BCUT2D eigenvalue weighted by Gasteiger charge is 2.25. The van der Waals surface area contributed by atoms with Gasteiger partial charge in [-0.05, 0) is 49.4 Å². The summed E-state index contributed by atoms with van der Waals surface area (Å²) in [6.07, 6.45) is 0. The molecule has 0 aliphatic carbocycles. The maximum atomic E-state index is 12.7. The standard InChI is InChI=1S/C26H23NO6S/c1-17-6-10-21(11-7-17)34(30,31)33-16-18-14-27-23-13-20(26(28)29)9-8-19(23)12-24(27)22-4-2-3-5-25(22)32-15-18/h2-13,18H,14-16H2,1H3,(H,28,29)/t18-/m0/s1. The van der Waals surface area contributed by atoms with E-state index in [0.717, 1.165) is 27.7 Å². The number of carbonyl (C=O) groups is 1. The number of para-hydroxylation sites is 1. The highest BCUT2D eigenvalue weighted by molar-refractivity contribution is 7.86. The van der Waals surface area contributed by atoms with Gasteiger partial charge in [0.05, 0.1) is 29.4 Å². The average molecular weight is 478 g/mol. The van der Waals surface area contributed by atoms with Crippen LogP contribution in [0.4, 0.5) is 0 Å². The van der Waals surface area contributed by atoms with Crippen LogP contribution in [-0.2, 0) is 20.8 Å². The highest BCUT2D eigenvalue weighted by atomic mass is 32.2. The Labute approximate surface area is 197 Å². The van der Waals surface area contributed by atoms with Crippen molar-refractivity contribution in [2.24, 2.45) is 5.92 Å². The van der Waals surface area contributed by atoms with Gasteiger partial charge in [-0.1, -0.05) is 35.9 Å². The van der Waals surface area contributed by atoms with Gasteiger partial charge < -0.3 is 14.4 Å². The molecule has 0 bridgehead atoms.